The molecule has 2 bridgehead atoms. The van der Waals surface area contributed by atoms with Crippen molar-refractivity contribution < 1.29 is 13.2 Å². The number of carbonyl (C=O) groups excluding carboxylic acids is 1. The number of fused-ring (bicyclic) bond motifs is 2. The number of aromatic nitrogens is 3. The SMILES string of the molecule is CC[C@H]1c2cc3nc(Cl)c(C)c(n3n2)N(C)CCCCCN(S(C)(=O)=O)c2ccc(C)cc2C(=O)N1C. The highest BCUT2D eigenvalue weighted by Gasteiger charge is 2.30. The fourth-order valence-corrected chi connectivity index (χ4v) is 6.22. The molecule has 3 heterocycles. The average Bonchev–Trinajstić information content (AvgIpc) is 3.23. The molecule has 1 amide bonds. The molecule has 1 aliphatic heterocycles. The first kappa shape index (κ1) is 27.2. The predicted octanol–water partition coefficient (Wildman–Crippen LogP) is 4.61. The highest BCUT2D eigenvalue weighted by molar-refractivity contribution is 7.92. The van der Waals surface area contributed by atoms with Crippen molar-refractivity contribution in [3.05, 3.63) is 51.8 Å². The van der Waals surface area contributed by atoms with Crippen LogP contribution in [0.3, 0.4) is 0 Å². The van der Waals surface area contributed by atoms with E-state index in [-0.39, 0.29) is 11.9 Å². The summed E-state index contributed by atoms with van der Waals surface area (Å²) in [6, 6.07) is 6.87. The Kier molecular flexibility index (Phi) is 7.71. The maximum atomic E-state index is 13.9. The Labute approximate surface area is 224 Å². The van der Waals surface area contributed by atoms with Gasteiger partial charge in [0.25, 0.3) is 5.91 Å². The van der Waals surface area contributed by atoms with Crippen molar-refractivity contribution >= 4 is 44.7 Å². The van der Waals surface area contributed by atoms with Gasteiger partial charge in [-0.3, -0.25) is 9.10 Å². The molecule has 4 rings (SSSR count). The summed E-state index contributed by atoms with van der Waals surface area (Å²) in [6.07, 6.45) is 4.13. The number of rotatable bonds is 2. The second kappa shape index (κ2) is 10.5. The third-order valence-electron chi connectivity index (χ3n) is 7.05. The molecule has 1 aliphatic rings. The van der Waals surface area contributed by atoms with Crippen LogP contribution >= 0.6 is 11.6 Å². The molecule has 0 saturated carbocycles. The number of hydrogen-bond donors (Lipinski definition) is 0. The molecule has 1 atom stereocenters. The highest BCUT2D eigenvalue weighted by Crippen LogP contribution is 2.33. The molecular weight excluding hydrogens is 512 g/mol. The molecule has 0 radical (unpaired) electrons. The van der Waals surface area contributed by atoms with Gasteiger partial charge in [0.15, 0.2) is 5.65 Å². The van der Waals surface area contributed by atoms with E-state index in [1.807, 2.05) is 44.5 Å². The van der Waals surface area contributed by atoms with Gasteiger partial charge in [-0.1, -0.05) is 30.2 Å². The number of benzene rings is 1. The molecule has 11 heteroatoms. The zero-order valence-corrected chi connectivity index (χ0v) is 23.9. The van der Waals surface area contributed by atoms with Gasteiger partial charge >= 0.3 is 0 Å². The summed E-state index contributed by atoms with van der Waals surface area (Å²) in [4.78, 5) is 22.2. The standard InChI is InChI=1S/C26H35ClN6O3S/c1-7-21-20-16-23-28-24(27)18(3)25(33(23)29-20)30(4)13-9-8-10-14-32(37(6,35)36)22-12-11-17(2)15-19(22)26(34)31(21)5/h11-12,15-16,21H,7-10,13-14H2,1-6H3/t21-/m0/s1. The number of nitrogens with zero attached hydrogens (tertiary/aromatic N) is 6. The van der Waals surface area contributed by atoms with E-state index in [2.05, 4.69) is 9.88 Å². The van der Waals surface area contributed by atoms with Gasteiger partial charge in [-0.25, -0.2) is 13.4 Å². The quantitative estimate of drug-likeness (QED) is 0.436. The van der Waals surface area contributed by atoms with E-state index < -0.39 is 10.0 Å². The van der Waals surface area contributed by atoms with Gasteiger partial charge in [0.1, 0.15) is 11.0 Å². The normalized spacial score (nSPS) is 18.1. The molecule has 0 fully saturated rings. The molecule has 0 spiro atoms. The second-order valence-electron chi connectivity index (χ2n) is 9.87. The highest BCUT2D eigenvalue weighted by atomic mass is 35.5. The van der Waals surface area contributed by atoms with E-state index in [4.69, 9.17) is 16.7 Å². The first-order valence-electron chi connectivity index (χ1n) is 12.6. The van der Waals surface area contributed by atoms with Crippen LogP contribution in [0, 0.1) is 13.8 Å². The molecular formula is C26H35ClN6O3S. The number of aryl methyl sites for hydroxylation is 1. The van der Waals surface area contributed by atoms with E-state index in [1.54, 1.807) is 24.1 Å². The fourth-order valence-electron chi connectivity index (χ4n) is 5.07. The van der Waals surface area contributed by atoms with E-state index in [0.717, 1.165) is 36.3 Å². The summed E-state index contributed by atoms with van der Waals surface area (Å²) in [5.41, 5.74) is 3.80. The van der Waals surface area contributed by atoms with Gasteiger partial charge in [-0.15, -0.1) is 0 Å². The van der Waals surface area contributed by atoms with Crippen molar-refractivity contribution in [3.8, 4) is 0 Å². The minimum atomic E-state index is -3.60. The van der Waals surface area contributed by atoms with Crippen LogP contribution in [0.4, 0.5) is 11.5 Å². The van der Waals surface area contributed by atoms with E-state index >= 15 is 0 Å². The second-order valence-corrected chi connectivity index (χ2v) is 12.1. The first-order chi connectivity index (χ1) is 17.4. The molecule has 37 heavy (non-hydrogen) atoms. The summed E-state index contributed by atoms with van der Waals surface area (Å²) in [5, 5.41) is 5.31. The number of anilines is 2. The zero-order chi connectivity index (χ0) is 27.1. The van der Waals surface area contributed by atoms with Gasteiger partial charge in [0.05, 0.1) is 29.2 Å². The van der Waals surface area contributed by atoms with E-state index in [0.29, 0.717) is 47.1 Å². The van der Waals surface area contributed by atoms with Crippen molar-refractivity contribution in [1.29, 1.82) is 0 Å². The lowest BCUT2D eigenvalue weighted by Crippen LogP contribution is -2.36. The lowest BCUT2D eigenvalue weighted by Gasteiger charge is -2.30. The molecule has 3 aromatic rings. The molecule has 0 saturated heterocycles. The summed E-state index contributed by atoms with van der Waals surface area (Å²) < 4.78 is 28.9. The maximum absolute atomic E-state index is 13.9. The summed E-state index contributed by atoms with van der Waals surface area (Å²) in [6.45, 7) is 6.87. The van der Waals surface area contributed by atoms with Crippen molar-refractivity contribution in [1.82, 2.24) is 19.5 Å². The minimum Gasteiger partial charge on any atom is -0.359 e. The van der Waals surface area contributed by atoms with E-state index in [9.17, 15) is 13.2 Å². The summed E-state index contributed by atoms with van der Waals surface area (Å²) in [7, 11) is 0.132. The third kappa shape index (κ3) is 5.27. The molecule has 0 unspecified atom stereocenters. The predicted molar refractivity (Wildman–Crippen MR) is 148 cm³/mol. The maximum Gasteiger partial charge on any atom is 0.256 e. The average molecular weight is 547 g/mol. The number of halogens is 1. The summed E-state index contributed by atoms with van der Waals surface area (Å²) >= 11 is 6.51. The van der Waals surface area contributed by atoms with E-state index in [1.165, 1.54) is 10.6 Å². The van der Waals surface area contributed by atoms with Crippen LogP contribution in [-0.2, 0) is 10.0 Å². The Hall–Kier alpha value is -2.85. The monoisotopic (exact) mass is 546 g/mol. The van der Waals surface area contributed by atoms with Gasteiger partial charge in [0.2, 0.25) is 10.0 Å². The summed E-state index contributed by atoms with van der Waals surface area (Å²) in [5.74, 6) is 0.596. The Balaban J connectivity index is 1.90. The zero-order valence-electron chi connectivity index (χ0n) is 22.3. The van der Waals surface area contributed by atoms with Crippen molar-refractivity contribution in [2.45, 2.75) is 52.5 Å². The van der Waals surface area contributed by atoms with Crippen LogP contribution in [0.15, 0.2) is 24.3 Å². The van der Waals surface area contributed by atoms with Gasteiger partial charge in [-0.2, -0.15) is 9.61 Å². The van der Waals surface area contributed by atoms with Crippen LogP contribution in [0.5, 0.6) is 0 Å². The number of sulfonamides is 1. The van der Waals surface area contributed by atoms with Crippen LogP contribution in [0.25, 0.3) is 5.65 Å². The molecule has 9 nitrogen and oxygen atoms in total. The number of amides is 1. The molecule has 0 aliphatic carbocycles. The largest absolute Gasteiger partial charge is 0.359 e. The Morgan fingerprint density at radius 2 is 1.78 bits per heavy atom. The van der Waals surface area contributed by atoms with Gasteiger partial charge < -0.3 is 9.80 Å². The molecule has 1 aromatic carbocycles. The van der Waals surface area contributed by atoms with Crippen LogP contribution in [0.2, 0.25) is 5.15 Å². The van der Waals surface area contributed by atoms with Crippen molar-refractivity contribution in [2.24, 2.45) is 0 Å². The Bertz CT molecular complexity index is 1440. The molecule has 2 aromatic heterocycles. The fraction of sp³-hybridized carbons (Fsp3) is 0.500. The third-order valence-corrected chi connectivity index (χ3v) is 8.60. The van der Waals surface area contributed by atoms with Crippen molar-refractivity contribution in [2.75, 3.05) is 42.6 Å². The van der Waals surface area contributed by atoms with Crippen LogP contribution in [-0.4, -0.2) is 67.3 Å². The smallest absolute Gasteiger partial charge is 0.256 e. The first-order valence-corrected chi connectivity index (χ1v) is 14.8. The Morgan fingerprint density at radius 3 is 2.46 bits per heavy atom. The number of carbonyl (C=O) groups is 1. The van der Waals surface area contributed by atoms with Crippen LogP contribution in [0.1, 0.15) is 65.8 Å². The lowest BCUT2D eigenvalue weighted by molar-refractivity contribution is 0.0723. The molecule has 0 N–H and O–H groups in total. The Morgan fingerprint density at radius 1 is 1.08 bits per heavy atom. The number of hydrogen-bond acceptors (Lipinski definition) is 6. The van der Waals surface area contributed by atoms with Gasteiger partial charge in [0, 0.05) is 38.8 Å². The molecule has 200 valence electrons. The van der Waals surface area contributed by atoms with Gasteiger partial charge in [-0.05, 0) is 51.7 Å². The lowest BCUT2D eigenvalue weighted by atomic mass is 10.0. The topological polar surface area (TPSA) is 91.1 Å². The van der Waals surface area contributed by atoms with Crippen molar-refractivity contribution in [3.63, 3.8) is 0 Å². The van der Waals surface area contributed by atoms with Crippen LogP contribution < -0.4 is 9.21 Å². The minimum absolute atomic E-state index is 0.261.